The number of nitrogens with one attached hydrogen (secondary N) is 1. The average Bonchev–Trinajstić information content (AvgIpc) is 3.05. The van der Waals surface area contributed by atoms with Gasteiger partial charge >= 0.3 is 0 Å². The standard InChI is InChI=1S/C17H18N4O2/c1-10-13(19-9-18-10)8-21-6-5-14-16(17(21)23)12-4-3-11(22)7-15(12)20(14)2/h3-4,7,9,22H,5-6,8H2,1-2H3,(H,18,19). The molecule has 0 spiro atoms. The Morgan fingerprint density at radius 2 is 2.22 bits per heavy atom. The molecule has 0 saturated heterocycles. The van der Waals surface area contributed by atoms with E-state index in [0.29, 0.717) is 13.1 Å². The zero-order chi connectivity index (χ0) is 16.1. The molecule has 2 N–H and O–H groups in total. The molecule has 6 nitrogen and oxygen atoms in total. The first kappa shape index (κ1) is 13.9. The van der Waals surface area contributed by atoms with Gasteiger partial charge in [0, 0.05) is 42.9 Å². The van der Waals surface area contributed by atoms with Gasteiger partial charge in [0.05, 0.1) is 29.6 Å². The summed E-state index contributed by atoms with van der Waals surface area (Å²) in [5, 5.41) is 10.6. The Kier molecular flexibility index (Phi) is 2.94. The van der Waals surface area contributed by atoms with Crippen molar-refractivity contribution in [2.75, 3.05) is 6.54 Å². The summed E-state index contributed by atoms with van der Waals surface area (Å²) < 4.78 is 2.01. The zero-order valence-corrected chi connectivity index (χ0v) is 13.1. The third-order valence-electron chi connectivity index (χ3n) is 4.70. The highest BCUT2D eigenvalue weighted by atomic mass is 16.3. The molecule has 3 heterocycles. The van der Waals surface area contributed by atoms with Crippen LogP contribution in [0.3, 0.4) is 0 Å². The van der Waals surface area contributed by atoms with E-state index in [0.717, 1.165) is 40.0 Å². The van der Waals surface area contributed by atoms with Gasteiger partial charge < -0.3 is 19.6 Å². The molecule has 1 aliphatic rings. The number of rotatable bonds is 2. The number of carbonyl (C=O) groups excluding carboxylic acids is 1. The van der Waals surface area contributed by atoms with Crippen molar-refractivity contribution in [3.8, 4) is 5.75 Å². The Hall–Kier alpha value is -2.76. The number of aromatic hydroxyl groups is 1. The van der Waals surface area contributed by atoms with Crippen LogP contribution in [-0.2, 0) is 20.0 Å². The van der Waals surface area contributed by atoms with Gasteiger partial charge in [0.2, 0.25) is 0 Å². The fraction of sp³-hybridized carbons (Fsp3) is 0.294. The van der Waals surface area contributed by atoms with E-state index in [-0.39, 0.29) is 11.7 Å². The molecular weight excluding hydrogens is 292 g/mol. The first-order valence-corrected chi connectivity index (χ1v) is 7.64. The number of aromatic amines is 1. The van der Waals surface area contributed by atoms with E-state index < -0.39 is 0 Å². The minimum atomic E-state index is 0.0324. The van der Waals surface area contributed by atoms with E-state index in [1.807, 2.05) is 29.5 Å². The number of phenols is 1. The zero-order valence-electron chi connectivity index (χ0n) is 13.1. The number of aryl methyl sites for hydroxylation is 2. The van der Waals surface area contributed by atoms with Crippen LogP contribution in [-0.4, -0.2) is 37.0 Å². The highest BCUT2D eigenvalue weighted by Crippen LogP contribution is 2.32. The van der Waals surface area contributed by atoms with Crippen LogP contribution < -0.4 is 0 Å². The molecule has 0 unspecified atom stereocenters. The van der Waals surface area contributed by atoms with Crippen molar-refractivity contribution in [2.24, 2.45) is 7.05 Å². The number of amides is 1. The van der Waals surface area contributed by atoms with E-state index in [9.17, 15) is 9.90 Å². The molecule has 0 saturated carbocycles. The molecule has 0 fully saturated rings. The number of hydrogen-bond donors (Lipinski definition) is 2. The van der Waals surface area contributed by atoms with Crippen molar-refractivity contribution in [3.63, 3.8) is 0 Å². The number of benzene rings is 1. The van der Waals surface area contributed by atoms with Crippen molar-refractivity contribution in [2.45, 2.75) is 19.9 Å². The molecule has 1 amide bonds. The van der Waals surface area contributed by atoms with Gasteiger partial charge in [-0.2, -0.15) is 0 Å². The smallest absolute Gasteiger partial charge is 0.256 e. The molecule has 4 rings (SSSR count). The van der Waals surface area contributed by atoms with Crippen molar-refractivity contribution in [1.29, 1.82) is 0 Å². The van der Waals surface area contributed by atoms with Gasteiger partial charge in [-0.3, -0.25) is 4.79 Å². The summed E-state index contributed by atoms with van der Waals surface area (Å²) >= 11 is 0. The second-order valence-electron chi connectivity index (χ2n) is 6.03. The molecule has 118 valence electrons. The topological polar surface area (TPSA) is 74.2 Å². The number of aromatic nitrogens is 3. The Morgan fingerprint density at radius 1 is 1.39 bits per heavy atom. The molecule has 1 aliphatic heterocycles. The van der Waals surface area contributed by atoms with Gasteiger partial charge in [0.15, 0.2) is 0 Å². The van der Waals surface area contributed by atoms with Gasteiger partial charge in [-0.15, -0.1) is 0 Å². The molecule has 0 aliphatic carbocycles. The van der Waals surface area contributed by atoms with E-state index in [2.05, 4.69) is 9.97 Å². The number of hydrogen-bond acceptors (Lipinski definition) is 3. The van der Waals surface area contributed by atoms with E-state index in [4.69, 9.17) is 0 Å². The Balaban J connectivity index is 1.78. The van der Waals surface area contributed by atoms with E-state index >= 15 is 0 Å². The molecule has 0 radical (unpaired) electrons. The summed E-state index contributed by atoms with van der Waals surface area (Å²) in [4.78, 5) is 22.2. The lowest BCUT2D eigenvalue weighted by molar-refractivity contribution is 0.0725. The summed E-state index contributed by atoms with van der Waals surface area (Å²) in [7, 11) is 1.95. The highest BCUT2D eigenvalue weighted by molar-refractivity contribution is 6.09. The average molecular weight is 310 g/mol. The lowest BCUT2D eigenvalue weighted by atomic mass is 10.0. The predicted molar refractivity (Wildman–Crippen MR) is 86.4 cm³/mol. The number of fused-ring (bicyclic) bond motifs is 3. The molecule has 6 heteroatoms. The van der Waals surface area contributed by atoms with Crippen molar-refractivity contribution < 1.29 is 9.90 Å². The Morgan fingerprint density at radius 3 is 2.96 bits per heavy atom. The molecular formula is C17H18N4O2. The largest absolute Gasteiger partial charge is 0.508 e. The van der Waals surface area contributed by atoms with Gasteiger partial charge in [-0.25, -0.2) is 4.98 Å². The first-order chi connectivity index (χ1) is 11.1. The second kappa shape index (κ2) is 4.87. The predicted octanol–water partition coefficient (Wildman–Crippen LogP) is 2.11. The Labute approximate surface area is 133 Å². The van der Waals surface area contributed by atoms with Gasteiger partial charge in [-0.05, 0) is 19.1 Å². The fourth-order valence-corrected chi connectivity index (χ4v) is 3.39. The fourth-order valence-electron chi connectivity index (χ4n) is 3.39. The number of carbonyl (C=O) groups is 1. The molecule has 3 aromatic rings. The summed E-state index contributed by atoms with van der Waals surface area (Å²) in [5.74, 6) is 0.247. The second-order valence-corrected chi connectivity index (χ2v) is 6.03. The lowest BCUT2D eigenvalue weighted by Gasteiger charge is -2.27. The highest BCUT2D eigenvalue weighted by Gasteiger charge is 2.30. The maximum atomic E-state index is 13.0. The number of nitrogens with zero attached hydrogens (tertiary/aromatic N) is 3. The summed E-state index contributed by atoms with van der Waals surface area (Å²) in [6, 6.07) is 5.17. The van der Waals surface area contributed by atoms with Crippen LogP contribution in [0.15, 0.2) is 24.5 Å². The molecule has 0 atom stereocenters. The molecule has 0 bridgehead atoms. The van der Waals surface area contributed by atoms with Crippen LogP contribution in [0.5, 0.6) is 5.75 Å². The SMILES string of the molecule is Cc1[nH]cnc1CN1CCc2c(c3ccc(O)cc3n2C)C1=O. The van der Waals surface area contributed by atoms with Crippen LogP contribution in [0.2, 0.25) is 0 Å². The maximum absolute atomic E-state index is 13.0. The quantitative estimate of drug-likeness (QED) is 0.761. The number of phenolic OH excluding ortho intramolecular Hbond substituents is 1. The van der Waals surface area contributed by atoms with Gasteiger partial charge in [0.25, 0.3) is 5.91 Å². The van der Waals surface area contributed by atoms with Crippen molar-refractivity contribution in [1.82, 2.24) is 19.4 Å². The van der Waals surface area contributed by atoms with Gasteiger partial charge in [-0.1, -0.05) is 0 Å². The minimum absolute atomic E-state index is 0.0324. The summed E-state index contributed by atoms with van der Waals surface area (Å²) in [6.45, 7) is 3.15. The molecule has 1 aromatic carbocycles. The summed E-state index contributed by atoms with van der Waals surface area (Å²) in [6.07, 6.45) is 2.46. The normalized spacial score (nSPS) is 14.5. The van der Waals surface area contributed by atoms with Crippen molar-refractivity contribution in [3.05, 3.63) is 47.2 Å². The maximum Gasteiger partial charge on any atom is 0.256 e. The number of imidazole rings is 1. The van der Waals surface area contributed by atoms with E-state index in [1.54, 1.807) is 18.5 Å². The monoisotopic (exact) mass is 310 g/mol. The third kappa shape index (κ3) is 2.02. The molecule has 23 heavy (non-hydrogen) atoms. The summed E-state index contributed by atoms with van der Waals surface area (Å²) in [5.41, 5.74) is 4.57. The number of H-pyrrole nitrogens is 1. The van der Waals surface area contributed by atoms with Crippen LogP contribution >= 0.6 is 0 Å². The third-order valence-corrected chi connectivity index (χ3v) is 4.70. The van der Waals surface area contributed by atoms with Crippen molar-refractivity contribution >= 4 is 16.8 Å². The molecule has 2 aromatic heterocycles. The first-order valence-electron chi connectivity index (χ1n) is 7.64. The minimum Gasteiger partial charge on any atom is -0.508 e. The van der Waals surface area contributed by atoms with Crippen LogP contribution in [0.1, 0.15) is 27.4 Å². The van der Waals surface area contributed by atoms with Crippen LogP contribution in [0.4, 0.5) is 0 Å². The Bertz CT molecular complexity index is 922. The van der Waals surface area contributed by atoms with Crippen LogP contribution in [0.25, 0.3) is 10.9 Å². The lowest BCUT2D eigenvalue weighted by Crippen LogP contribution is -2.37. The van der Waals surface area contributed by atoms with E-state index in [1.165, 1.54) is 0 Å². The van der Waals surface area contributed by atoms with Crippen LogP contribution in [0, 0.1) is 6.92 Å². The van der Waals surface area contributed by atoms with Gasteiger partial charge in [0.1, 0.15) is 5.75 Å².